The number of benzene rings is 1. The molecule has 1 aromatic carbocycles. The van der Waals surface area contributed by atoms with Gasteiger partial charge in [0, 0.05) is 28.8 Å². The molecule has 1 aliphatic rings. The zero-order chi connectivity index (χ0) is 18.3. The van der Waals surface area contributed by atoms with Crippen molar-refractivity contribution in [3.05, 3.63) is 40.3 Å². The molecule has 4 rings (SSSR count). The molecule has 1 fully saturated rings. The molecule has 0 aliphatic heterocycles. The van der Waals surface area contributed by atoms with E-state index in [2.05, 4.69) is 10.2 Å². The molecule has 0 spiro atoms. The van der Waals surface area contributed by atoms with Gasteiger partial charge in [-0.25, -0.2) is 9.18 Å². The van der Waals surface area contributed by atoms with Crippen LogP contribution >= 0.6 is 23.1 Å². The Hall–Kier alpha value is -1.93. The fraction of sp³-hybridized carbons (Fsp3) is 0.389. The van der Waals surface area contributed by atoms with Crippen molar-refractivity contribution >= 4 is 39.2 Å². The number of rotatable bonds is 6. The first-order valence-corrected chi connectivity index (χ1v) is 10.3. The minimum atomic E-state index is -0.402. The van der Waals surface area contributed by atoms with Gasteiger partial charge in [0.15, 0.2) is 5.16 Å². The molecular weight excluding hydrogens is 373 g/mol. The highest BCUT2D eigenvalue weighted by molar-refractivity contribution is 7.98. The van der Waals surface area contributed by atoms with Crippen LogP contribution in [0.1, 0.15) is 46.7 Å². The van der Waals surface area contributed by atoms with Gasteiger partial charge in [-0.3, -0.25) is 0 Å². The topological polar surface area (TPSA) is 57.0 Å². The second-order valence-electron chi connectivity index (χ2n) is 6.21. The van der Waals surface area contributed by atoms with Crippen LogP contribution in [0.3, 0.4) is 0 Å². The van der Waals surface area contributed by atoms with Crippen LogP contribution in [0.4, 0.5) is 4.39 Å². The molecule has 3 aromatic rings. The summed E-state index contributed by atoms with van der Waals surface area (Å²) in [5.41, 5.74) is 0.669. The van der Waals surface area contributed by atoms with Crippen molar-refractivity contribution in [3.8, 4) is 0 Å². The number of nitrogens with zero attached hydrogens (tertiary/aromatic N) is 3. The summed E-state index contributed by atoms with van der Waals surface area (Å²) >= 11 is 2.74. The number of fused-ring (bicyclic) bond motifs is 1. The van der Waals surface area contributed by atoms with Crippen LogP contribution in [0.25, 0.3) is 10.1 Å². The van der Waals surface area contributed by atoms with E-state index in [1.54, 1.807) is 13.0 Å². The lowest BCUT2D eigenvalue weighted by molar-refractivity contribution is 0.0531. The van der Waals surface area contributed by atoms with Gasteiger partial charge in [-0.1, -0.05) is 17.8 Å². The molecule has 1 saturated carbocycles. The Kier molecular flexibility index (Phi) is 4.71. The van der Waals surface area contributed by atoms with Gasteiger partial charge in [-0.05, 0) is 37.5 Å². The number of aromatic nitrogens is 3. The summed E-state index contributed by atoms with van der Waals surface area (Å²) in [6.45, 7) is 2.05. The van der Waals surface area contributed by atoms with Crippen molar-refractivity contribution in [2.75, 3.05) is 6.61 Å². The van der Waals surface area contributed by atoms with Gasteiger partial charge in [-0.2, -0.15) is 0 Å². The smallest absolute Gasteiger partial charge is 0.348 e. The lowest BCUT2D eigenvalue weighted by atomic mass is 10.1. The van der Waals surface area contributed by atoms with Gasteiger partial charge >= 0.3 is 5.97 Å². The Morgan fingerprint density at radius 1 is 1.42 bits per heavy atom. The normalized spacial score (nSPS) is 14.1. The highest BCUT2D eigenvalue weighted by Crippen LogP contribution is 2.41. The summed E-state index contributed by atoms with van der Waals surface area (Å²) in [7, 11) is 1.95. The summed E-state index contributed by atoms with van der Waals surface area (Å²) in [5.74, 6) is 1.23. The Balaban J connectivity index is 1.68. The van der Waals surface area contributed by atoms with Crippen LogP contribution in [0, 0.1) is 5.82 Å². The van der Waals surface area contributed by atoms with Crippen molar-refractivity contribution in [2.45, 2.75) is 36.6 Å². The molecule has 1 aliphatic carbocycles. The maximum Gasteiger partial charge on any atom is 0.348 e. The van der Waals surface area contributed by atoms with E-state index < -0.39 is 5.97 Å². The Morgan fingerprint density at radius 2 is 2.23 bits per heavy atom. The fourth-order valence-corrected chi connectivity index (χ4v) is 5.12. The molecule has 0 bridgehead atoms. The largest absolute Gasteiger partial charge is 0.462 e. The van der Waals surface area contributed by atoms with Gasteiger partial charge < -0.3 is 9.30 Å². The summed E-state index contributed by atoms with van der Waals surface area (Å²) in [4.78, 5) is 12.8. The van der Waals surface area contributed by atoms with E-state index in [9.17, 15) is 9.18 Å². The molecule has 0 amide bonds. The second-order valence-corrected chi connectivity index (χ2v) is 8.20. The van der Waals surface area contributed by atoms with Crippen molar-refractivity contribution < 1.29 is 13.9 Å². The third-order valence-electron chi connectivity index (χ3n) is 4.38. The highest BCUT2D eigenvalue weighted by atomic mass is 32.2. The standard InChI is InChI=1S/C18H18FN3O2S2/c1-3-24-17(23)15-11(14-12(19)5-4-6-13(14)26-15)9-25-18-21-20-16(22(18)2)10-7-8-10/h4-6,10H,3,7-9H2,1-2H3. The Morgan fingerprint density at radius 3 is 2.96 bits per heavy atom. The summed E-state index contributed by atoms with van der Waals surface area (Å²) in [6.07, 6.45) is 2.31. The van der Waals surface area contributed by atoms with Crippen LogP contribution < -0.4 is 0 Å². The first-order valence-electron chi connectivity index (χ1n) is 8.49. The van der Waals surface area contributed by atoms with Gasteiger partial charge in [0.1, 0.15) is 16.5 Å². The maximum absolute atomic E-state index is 14.4. The first-order chi connectivity index (χ1) is 12.6. The molecule has 5 nitrogen and oxygen atoms in total. The molecule has 0 radical (unpaired) electrons. The Bertz CT molecular complexity index is 978. The van der Waals surface area contributed by atoms with E-state index in [-0.39, 0.29) is 12.4 Å². The number of halogens is 1. The predicted octanol–water partition coefficient (Wildman–Crippen LogP) is 4.52. The number of hydrogen-bond donors (Lipinski definition) is 0. The van der Waals surface area contributed by atoms with Gasteiger partial charge in [0.25, 0.3) is 0 Å². The third-order valence-corrected chi connectivity index (χ3v) is 6.60. The zero-order valence-electron chi connectivity index (χ0n) is 14.5. The van der Waals surface area contributed by atoms with Crippen molar-refractivity contribution in [3.63, 3.8) is 0 Å². The number of carbonyl (C=O) groups is 1. The number of thiophene rings is 1. The number of ether oxygens (including phenoxy) is 1. The number of thioether (sulfide) groups is 1. The predicted molar refractivity (Wildman–Crippen MR) is 100 cm³/mol. The zero-order valence-corrected chi connectivity index (χ0v) is 16.1. The lowest BCUT2D eigenvalue weighted by Gasteiger charge is -2.06. The summed E-state index contributed by atoms with van der Waals surface area (Å²) in [6, 6.07) is 4.91. The number of hydrogen-bond acceptors (Lipinski definition) is 6. The Labute approximate surface area is 158 Å². The van der Waals surface area contributed by atoms with Gasteiger partial charge in [0.05, 0.1) is 6.61 Å². The van der Waals surface area contributed by atoms with E-state index in [1.807, 2.05) is 17.7 Å². The molecule has 136 valence electrons. The third kappa shape index (κ3) is 3.12. The van der Waals surface area contributed by atoms with Gasteiger partial charge in [0.2, 0.25) is 0 Å². The minimum absolute atomic E-state index is 0.288. The number of esters is 1. The average Bonchev–Trinajstić information content (AvgIpc) is 3.29. The van der Waals surface area contributed by atoms with Crippen LogP contribution in [0.5, 0.6) is 0 Å². The number of carbonyl (C=O) groups excluding carboxylic acids is 1. The first kappa shape index (κ1) is 17.5. The highest BCUT2D eigenvalue weighted by Gasteiger charge is 2.29. The van der Waals surface area contributed by atoms with E-state index in [0.717, 1.165) is 28.5 Å². The second kappa shape index (κ2) is 7.00. The molecular formula is C18H18FN3O2S2. The minimum Gasteiger partial charge on any atom is -0.462 e. The molecule has 0 unspecified atom stereocenters. The molecule has 0 saturated heterocycles. The van der Waals surface area contributed by atoms with E-state index in [4.69, 9.17) is 4.74 Å². The quantitative estimate of drug-likeness (QED) is 0.457. The summed E-state index contributed by atoms with van der Waals surface area (Å²) < 4.78 is 22.4. The van der Waals surface area contributed by atoms with Crippen LogP contribution in [-0.2, 0) is 17.5 Å². The van der Waals surface area contributed by atoms with Crippen LogP contribution in [0.15, 0.2) is 23.4 Å². The SMILES string of the molecule is CCOC(=O)c1sc2cccc(F)c2c1CSc1nnc(C2CC2)n1C. The molecule has 0 atom stereocenters. The van der Waals surface area contributed by atoms with E-state index >= 15 is 0 Å². The lowest BCUT2D eigenvalue weighted by Crippen LogP contribution is -2.05. The average molecular weight is 391 g/mol. The molecule has 8 heteroatoms. The van der Waals surface area contributed by atoms with Crippen LogP contribution in [0.2, 0.25) is 0 Å². The molecule has 2 heterocycles. The van der Waals surface area contributed by atoms with Crippen molar-refractivity contribution in [1.82, 2.24) is 14.8 Å². The van der Waals surface area contributed by atoms with Crippen LogP contribution in [-0.4, -0.2) is 27.3 Å². The molecule has 0 N–H and O–H groups in total. The maximum atomic E-state index is 14.4. The van der Waals surface area contributed by atoms with Crippen molar-refractivity contribution in [2.24, 2.45) is 7.05 Å². The fourth-order valence-electron chi connectivity index (χ4n) is 2.95. The summed E-state index contributed by atoms with van der Waals surface area (Å²) in [5, 5.41) is 9.81. The van der Waals surface area contributed by atoms with E-state index in [1.165, 1.54) is 29.2 Å². The molecule has 26 heavy (non-hydrogen) atoms. The van der Waals surface area contributed by atoms with E-state index in [0.29, 0.717) is 27.5 Å². The van der Waals surface area contributed by atoms with Gasteiger partial charge in [-0.15, -0.1) is 21.5 Å². The molecule has 2 aromatic heterocycles. The monoisotopic (exact) mass is 391 g/mol. The van der Waals surface area contributed by atoms with Crippen molar-refractivity contribution in [1.29, 1.82) is 0 Å².